The number of amides is 1. The van der Waals surface area contributed by atoms with Crippen molar-refractivity contribution in [3.05, 3.63) is 34.2 Å². The molecule has 0 spiro atoms. The summed E-state index contributed by atoms with van der Waals surface area (Å²) in [5.41, 5.74) is 1.90. The van der Waals surface area contributed by atoms with E-state index in [4.69, 9.17) is 0 Å². The van der Waals surface area contributed by atoms with Crippen molar-refractivity contribution in [1.82, 2.24) is 19.9 Å². The van der Waals surface area contributed by atoms with E-state index in [2.05, 4.69) is 15.0 Å². The van der Waals surface area contributed by atoms with E-state index < -0.39 is 0 Å². The molecule has 1 saturated heterocycles. The summed E-state index contributed by atoms with van der Waals surface area (Å²) in [5.74, 6) is 1.54. The zero-order valence-corrected chi connectivity index (χ0v) is 15.9. The van der Waals surface area contributed by atoms with Gasteiger partial charge in [0.15, 0.2) is 0 Å². The number of aromatic nitrogens is 3. The Morgan fingerprint density at radius 3 is 2.88 bits per heavy atom. The fraction of sp³-hybridized carbons (Fsp3) is 0.556. The van der Waals surface area contributed by atoms with E-state index in [1.807, 2.05) is 36.2 Å². The largest absolute Gasteiger partial charge is 0.361 e. The Hall–Kier alpha value is -2.02. The van der Waals surface area contributed by atoms with Gasteiger partial charge in [-0.25, -0.2) is 9.97 Å². The Morgan fingerprint density at radius 2 is 2.16 bits per heavy atom. The molecule has 3 heterocycles. The molecule has 134 valence electrons. The minimum atomic E-state index is 0.182. The molecule has 0 aliphatic carbocycles. The summed E-state index contributed by atoms with van der Waals surface area (Å²) < 4.78 is 0. The predicted molar refractivity (Wildman–Crippen MR) is 99.9 cm³/mol. The second-order valence-corrected chi connectivity index (χ2v) is 7.87. The summed E-state index contributed by atoms with van der Waals surface area (Å²) in [5, 5.41) is 3.00. The van der Waals surface area contributed by atoms with Gasteiger partial charge < -0.3 is 9.80 Å². The number of nitrogens with zero attached hydrogens (tertiary/aromatic N) is 5. The highest BCUT2D eigenvalue weighted by Crippen LogP contribution is 2.24. The molecule has 1 aliphatic heterocycles. The number of carbonyl (C=O) groups excluding carboxylic acids is 1. The van der Waals surface area contributed by atoms with Gasteiger partial charge in [-0.3, -0.25) is 9.78 Å². The van der Waals surface area contributed by atoms with Crippen LogP contribution >= 0.6 is 11.3 Å². The number of carbonyl (C=O) groups is 1. The topological polar surface area (TPSA) is 62.2 Å². The first-order chi connectivity index (χ1) is 12.0. The molecular weight excluding hydrogens is 334 g/mol. The second kappa shape index (κ2) is 7.91. The summed E-state index contributed by atoms with van der Waals surface area (Å²) in [4.78, 5) is 30.0. The van der Waals surface area contributed by atoms with Gasteiger partial charge in [0.05, 0.1) is 22.8 Å². The number of aryl methyl sites for hydroxylation is 1. The molecule has 1 fully saturated rings. The maximum Gasteiger partial charge on any atom is 0.228 e. The minimum absolute atomic E-state index is 0.182. The van der Waals surface area contributed by atoms with E-state index in [0.717, 1.165) is 54.6 Å². The van der Waals surface area contributed by atoms with Crippen molar-refractivity contribution in [2.75, 3.05) is 32.1 Å². The lowest BCUT2D eigenvalue weighted by Crippen LogP contribution is -2.41. The Kier molecular flexibility index (Phi) is 5.63. The smallest absolute Gasteiger partial charge is 0.228 e. The number of hydrogen-bond donors (Lipinski definition) is 0. The molecule has 7 heteroatoms. The Bertz CT molecular complexity index is 730. The molecule has 1 aliphatic rings. The first-order valence-electron chi connectivity index (χ1n) is 8.69. The van der Waals surface area contributed by atoms with Crippen LogP contribution < -0.4 is 4.90 Å². The van der Waals surface area contributed by atoms with Crippen molar-refractivity contribution in [2.45, 2.75) is 32.6 Å². The fourth-order valence-electron chi connectivity index (χ4n) is 3.36. The number of thiazole rings is 1. The Morgan fingerprint density at radius 1 is 1.36 bits per heavy atom. The SMILES string of the molecule is Cc1nc(CC(=O)N2CCCC(Cc3nccnc3N(C)C)C2)cs1. The van der Waals surface area contributed by atoms with Crippen molar-refractivity contribution in [3.63, 3.8) is 0 Å². The van der Waals surface area contributed by atoms with Crippen LogP contribution in [0, 0.1) is 12.8 Å². The number of rotatable bonds is 5. The third-order valence-electron chi connectivity index (χ3n) is 4.53. The lowest BCUT2D eigenvalue weighted by atomic mass is 9.93. The molecule has 2 aromatic heterocycles. The molecule has 0 aromatic carbocycles. The molecular formula is C18H25N5OS. The van der Waals surface area contributed by atoms with Gasteiger partial charge in [0, 0.05) is 45.0 Å². The monoisotopic (exact) mass is 359 g/mol. The highest BCUT2D eigenvalue weighted by atomic mass is 32.1. The van der Waals surface area contributed by atoms with Gasteiger partial charge in [-0.1, -0.05) is 0 Å². The normalized spacial score (nSPS) is 17.6. The van der Waals surface area contributed by atoms with Gasteiger partial charge in [0.1, 0.15) is 5.82 Å². The van der Waals surface area contributed by atoms with Crippen molar-refractivity contribution < 1.29 is 4.79 Å². The highest BCUT2D eigenvalue weighted by molar-refractivity contribution is 7.09. The van der Waals surface area contributed by atoms with E-state index in [1.54, 1.807) is 23.7 Å². The molecule has 25 heavy (non-hydrogen) atoms. The fourth-order valence-corrected chi connectivity index (χ4v) is 3.98. The van der Waals surface area contributed by atoms with Crippen LogP contribution in [0.15, 0.2) is 17.8 Å². The van der Waals surface area contributed by atoms with Crippen molar-refractivity contribution >= 4 is 23.1 Å². The molecule has 6 nitrogen and oxygen atoms in total. The van der Waals surface area contributed by atoms with Gasteiger partial charge >= 0.3 is 0 Å². The van der Waals surface area contributed by atoms with Crippen LogP contribution in [0.5, 0.6) is 0 Å². The summed E-state index contributed by atoms with van der Waals surface area (Å²) in [6.45, 7) is 3.61. The van der Waals surface area contributed by atoms with Crippen LogP contribution in [0.1, 0.15) is 29.2 Å². The molecule has 1 atom stereocenters. The molecule has 1 amide bonds. The molecule has 0 N–H and O–H groups in total. The summed E-state index contributed by atoms with van der Waals surface area (Å²) in [7, 11) is 3.97. The zero-order valence-electron chi connectivity index (χ0n) is 15.1. The van der Waals surface area contributed by atoms with Crippen LogP contribution in [-0.2, 0) is 17.6 Å². The van der Waals surface area contributed by atoms with Gasteiger partial charge in [-0.05, 0) is 32.1 Å². The molecule has 1 unspecified atom stereocenters. The second-order valence-electron chi connectivity index (χ2n) is 6.81. The Labute approximate surface area is 152 Å². The quantitative estimate of drug-likeness (QED) is 0.820. The lowest BCUT2D eigenvalue weighted by molar-refractivity contribution is -0.132. The third kappa shape index (κ3) is 4.54. The molecule has 0 bridgehead atoms. The van der Waals surface area contributed by atoms with E-state index in [0.29, 0.717) is 12.3 Å². The van der Waals surface area contributed by atoms with E-state index in [9.17, 15) is 4.79 Å². The third-order valence-corrected chi connectivity index (χ3v) is 5.35. The van der Waals surface area contributed by atoms with Gasteiger partial charge in [-0.15, -0.1) is 11.3 Å². The standard InChI is InChI=1S/C18H25N5OS/c1-13-21-15(12-25-13)10-17(24)23-8-4-5-14(11-23)9-16-18(22(2)3)20-7-6-19-16/h6-7,12,14H,4-5,8-11H2,1-3H3. The number of anilines is 1. The highest BCUT2D eigenvalue weighted by Gasteiger charge is 2.25. The number of piperidine rings is 1. The summed E-state index contributed by atoms with van der Waals surface area (Å²) >= 11 is 1.60. The molecule has 2 aromatic rings. The van der Waals surface area contributed by atoms with Crippen LogP contribution in [0.3, 0.4) is 0 Å². The average Bonchev–Trinajstić information content (AvgIpc) is 3.00. The predicted octanol–water partition coefficient (Wildman–Crippen LogP) is 2.33. The molecule has 0 saturated carbocycles. The zero-order chi connectivity index (χ0) is 17.8. The van der Waals surface area contributed by atoms with Gasteiger partial charge in [-0.2, -0.15) is 0 Å². The Balaban J connectivity index is 1.62. The van der Waals surface area contributed by atoms with Crippen LogP contribution in [0.4, 0.5) is 5.82 Å². The van der Waals surface area contributed by atoms with Crippen molar-refractivity contribution in [2.24, 2.45) is 5.92 Å². The van der Waals surface area contributed by atoms with Crippen LogP contribution in [-0.4, -0.2) is 52.9 Å². The van der Waals surface area contributed by atoms with E-state index in [1.165, 1.54) is 0 Å². The van der Waals surface area contributed by atoms with Gasteiger partial charge in [0.2, 0.25) is 5.91 Å². The number of likely N-dealkylation sites (tertiary alicyclic amines) is 1. The maximum atomic E-state index is 12.6. The van der Waals surface area contributed by atoms with Crippen molar-refractivity contribution in [1.29, 1.82) is 0 Å². The maximum absolute atomic E-state index is 12.6. The first kappa shape index (κ1) is 17.8. The van der Waals surface area contributed by atoms with Crippen molar-refractivity contribution in [3.8, 4) is 0 Å². The van der Waals surface area contributed by atoms with Crippen LogP contribution in [0.25, 0.3) is 0 Å². The first-order valence-corrected chi connectivity index (χ1v) is 9.57. The molecule has 0 radical (unpaired) electrons. The lowest BCUT2D eigenvalue weighted by Gasteiger charge is -2.33. The number of hydrogen-bond acceptors (Lipinski definition) is 6. The summed E-state index contributed by atoms with van der Waals surface area (Å²) in [6, 6.07) is 0. The van der Waals surface area contributed by atoms with Crippen LogP contribution in [0.2, 0.25) is 0 Å². The van der Waals surface area contributed by atoms with Gasteiger partial charge in [0.25, 0.3) is 0 Å². The minimum Gasteiger partial charge on any atom is -0.361 e. The average molecular weight is 359 g/mol. The van der Waals surface area contributed by atoms with E-state index >= 15 is 0 Å². The van der Waals surface area contributed by atoms with E-state index in [-0.39, 0.29) is 5.91 Å². The summed E-state index contributed by atoms with van der Waals surface area (Å²) in [6.07, 6.45) is 6.92. The molecule has 3 rings (SSSR count).